The predicted octanol–water partition coefficient (Wildman–Crippen LogP) is 2.83. The van der Waals surface area contributed by atoms with E-state index < -0.39 is 0 Å². The van der Waals surface area contributed by atoms with Crippen LogP contribution in [0.15, 0.2) is 17.7 Å². The molecule has 7 heteroatoms. The van der Waals surface area contributed by atoms with Crippen molar-refractivity contribution in [3.63, 3.8) is 0 Å². The zero-order valence-electron chi connectivity index (χ0n) is 11.3. The van der Waals surface area contributed by atoms with Gasteiger partial charge in [-0.25, -0.2) is 9.97 Å². The topological polar surface area (TPSA) is 56.5 Å². The largest absolute Gasteiger partial charge is 0.468 e. The van der Waals surface area contributed by atoms with Crippen molar-refractivity contribution >= 4 is 44.8 Å². The van der Waals surface area contributed by atoms with E-state index in [0.29, 0.717) is 0 Å². The zero-order chi connectivity index (χ0) is 14.3. The highest BCUT2D eigenvalue weighted by atomic mass is 32.2. The second kappa shape index (κ2) is 5.06. The van der Waals surface area contributed by atoms with Gasteiger partial charge in [0.2, 0.25) is 0 Å². The number of hydrogen-bond donors (Lipinski definition) is 0. The third-order valence-electron chi connectivity index (χ3n) is 3.22. The van der Waals surface area contributed by atoms with E-state index in [-0.39, 0.29) is 11.7 Å². The number of esters is 1. The molecule has 5 nitrogen and oxygen atoms in total. The Morgan fingerprint density at radius 1 is 1.45 bits per heavy atom. The molecule has 3 aromatic rings. The first-order valence-corrected chi connectivity index (χ1v) is 7.83. The number of carbonyl (C=O) groups is 1. The molecule has 0 N–H and O–H groups in total. The Hall–Kier alpha value is -1.60. The van der Waals surface area contributed by atoms with Crippen molar-refractivity contribution in [2.24, 2.45) is 0 Å². The SMILES string of the molecule is COC(=O)CSc1ncc2c3c(C)c(C)sc3ncn12. The first-order valence-electron chi connectivity index (χ1n) is 6.03. The van der Waals surface area contributed by atoms with Crippen LogP contribution in [0, 0.1) is 13.8 Å². The van der Waals surface area contributed by atoms with Gasteiger partial charge in [0.05, 0.1) is 24.6 Å². The molecule has 0 saturated heterocycles. The lowest BCUT2D eigenvalue weighted by molar-refractivity contribution is -0.137. The molecular weight excluding hydrogens is 294 g/mol. The third-order valence-corrected chi connectivity index (χ3v) is 5.28. The molecule has 0 radical (unpaired) electrons. The summed E-state index contributed by atoms with van der Waals surface area (Å²) in [5.74, 6) is -0.0155. The molecule has 0 unspecified atom stereocenters. The zero-order valence-corrected chi connectivity index (χ0v) is 13.0. The fourth-order valence-corrected chi connectivity index (χ4v) is 3.82. The van der Waals surface area contributed by atoms with E-state index in [4.69, 9.17) is 0 Å². The molecule has 3 rings (SSSR count). The molecule has 0 aliphatic heterocycles. The van der Waals surface area contributed by atoms with Crippen molar-refractivity contribution in [1.29, 1.82) is 0 Å². The molecule has 0 aliphatic carbocycles. The van der Waals surface area contributed by atoms with Crippen LogP contribution in [0.1, 0.15) is 10.4 Å². The number of ether oxygens (including phenoxy) is 1. The Morgan fingerprint density at radius 3 is 3.00 bits per heavy atom. The number of hydrogen-bond acceptors (Lipinski definition) is 6. The number of carbonyl (C=O) groups excluding carboxylic acids is 1. The maximum absolute atomic E-state index is 11.2. The number of aromatic nitrogens is 3. The highest BCUT2D eigenvalue weighted by Crippen LogP contribution is 2.32. The van der Waals surface area contributed by atoms with Crippen LogP contribution in [-0.2, 0) is 9.53 Å². The van der Waals surface area contributed by atoms with Crippen LogP contribution < -0.4 is 0 Å². The number of methoxy groups -OCH3 is 1. The standard InChI is InChI=1S/C13H13N3O2S2/c1-7-8(2)20-12-11(7)9-4-14-13(16(9)6-15-12)19-5-10(17)18-3/h4,6H,5H2,1-3H3. The van der Waals surface area contributed by atoms with E-state index in [2.05, 4.69) is 28.6 Å². The number of thiophene rings is 1. The van der Waals surface area contributed by atoms with Gasteiger partial charge < -0.3 is 4.74 Å². The molecule has 0 bridgehead atoms. The summed E-state index contributed by atoms with van der Waals surface area (Å²) in [7, 11) is 1.38. The lowest BCUT2D eigenvalue weighted by Gasteiger charge is -2.01. The Kier molecular flexibility index (Phi) is 3.39. The molecule has 0 fully saturated rings. The van der Waals surface area contributed by atoms with Crippen molar-refractivity contribution < 1.29 is 9.53 Å². The lowest BCUT2D eigenvalue weighted by atomic mass is 10.2. The molecule has 0 amide bonds. The quantitative estimate of drug-likeness (QED) is 0.550. The van der Waals surface area contributed by atoms with Gasteiger partial charge in [-0.3, -0.25) is 9.20 Å². The van der Waals surface area contributed by atoms with E-state index in [1.807, 2.05) is 10.6 Å². The lowest BCUT2D eigenvalue weighted by Crippen LogP contribution is -2.03. The summed E-state index contributed by atoms with van der Waals surface area (Å²) < 4.78 is 6.57. The average molecular weight is 307 g/mol. The van der Waals surface area contributed by atoms with Gasteiger partial charge in [0, 0.05) is 10.3 Å². The van der Waals surface area contributed by atoms with Gasteiger partial charge in [-0.1, -0.05) is 11.8 Å². The highest BCUT2D eigenvalue weighted by molar-refractivity contribution is 7.99. The second-order valence-electron chi connectivity index (χ2n) is 4.37. The number of thioether (sulfide) groups is 1. The molecule has 0 atom stereocenters. The highest BCUT2D eigenvalue weighted by Gasteiger charge is 2.14. The van der Waals surface area contributed by atoms with Gasteiger partial charge in [-0.15, -0.1) is 11.3 Å². The molecule has 20 heavy (non-hydrogen) atoms. The summed E-state index contributed by atoms with van der Waals surface area (Å²) >= 11 is 3.04. The minimum Gasteiger partial charge on any atom is -0.468 e. The van der Waals surface area contributed by atoms with Crippen molar-refractivity contribution in [2.45, 2.75) is 19.0 Å². The van der Waals surface area contributed by atoms with Gasteiger partial charge in [0.25, 0.3) is 0 Å². The molecule has 104 valence electrons. The van der Waals surface area contributed by atoms with Crippen LogP contribution in [0.25, 0.3) is 15.7 Å². The van der Waals surface area contributed by atoms with Crippen LogP contribution in [-0.4, -0.2) is 33.2 Å². The number of nitrogens with zero attached hydrogens (tertiary/aromatic N) is 3. The molecule has 3 aromatic heterocycles. The number of aryl methyl sites for hydroxylation is 2. The maximum Gasteiger partial charge on any atom is 0.316 e. The van der Waals surface area contributed by atoms with Crippen LogP contribution in [0.4, 0.5) is 0 Å². The summed E-state index contributed by atoms with van der Waals surface area (Å²) in [4.78, 5) is 22.4. The van der Waals surface area contributed by atoms with Crippen LogP contribution in [0.3, 0.4) is 0 Å². The Morgan fingerprint density at radius 2 is 2.25 bits per heavy atom. The molecule has 0 spiro atoms. The summed E-state index contributed by atoms with van der Waals surface area (Å²) in [5.41, 5.74) is 2.27. The molecular formula is C13H13N3O2S2. The fraction of sp³-hybridized carbons (Fsp3) is 0.308. The summed E-state index contributed by atoms with van der Waals surface area (Å²) in [6, 6.07) is 0. The van der Waals surface area contributed by atoms with E-state index in [1.165, 1.54) is 29.3 Å². The smallest absolute Gasteiger partial charge is 0.316 e. The van der Waals surface area contributed by atoms with Crippen molar-refractivity contribution in [3.05, 3.63) is 23.0 Å². The van der Waals surface area contributed by atoms with E-state index >= 15 is 0 Å². The molecule has 0 aliphatic rings. The fourth-order valence-electron chi connectivity index (χ4n) is 2.04. The average Bonchev–Trinajstić information content (AvgIpc) is 2.98. The predicted molar refractivity (Wildman–Crippen MR) is 80.6 cm³/mol. The summed E-state index contributed by atoms with van der Waals surface area (Å²) in [6.45, 7) is 4.20. The number of imidazole rings is 1. The Labute approximate surface area is 124 Å². The van der Waals surface area contributed by atoms with E-state index in [9.17, 15) is 4.79 Å². The summed E-state index contributed by atoms with van der Waals surface area (Å²) in [5, 5.41) is 1.90. The number of rotatable bonds is 3. The van der Waals surface area contributed by atoms with Crippen molar-refractivity contribution in [3.8, 4) is 0 Å². The van der Waals surface area contributed by atoms with Crippen molar-refractivity contribution in [2.75, 3.05) is 12.9 Å². The van der Waals surface area contributed by atoms with Crippen molar-refractivity contribution in [1.82, 2.24) is 14.4 Å². The van der Waals surface area contributed by atoms with Crippen LogP contribution in [0.5, 0.6) is 0 Å². The van der Waals surface area contributed by atoms with Crippen LogP contribution >= 0.6 is 23.1 Å². The normalized spacial score (nSPS) is 11.3. The first kappa shape index (κ1) is 13.4. The second-order valence-corrected chi connectivity index (χ2v) is 6.51. The maximum atomic E-state index is 11.2. The van der Waals surface area contributed by atoms with Gasteiger partial charge in [-0.05, 0) is 19.4 Å². The third kappa shape index (κ3) is 2.06. The molecule has 0 aromatic carbocycles. The summed E-state index contributed by atoms with van der Waals surface area (Å²) in [6.07, 6.45) is 3.60. The van der Waals surface area contributed by atoms with Gasteiger partial charge >= 0.3 is 5.97 Å². The monoisotopic (exact) mass is 307 g/mol. The van der Waals surface area contributed by atoms with Crippen LogP contribution in [0.2, 0.25) is 0 Å². The molecule has 3 heterocycles. The van der Waals surface area contributed by atoms with Gasteiger partial charge in [0.15, 0.2) is 5.16 Å². The van der Waals surface area contributed by atoms with E-state index in [0.717, 1.165) is 20.9 Å². The van der Waals surface area contributed by atoms with E-state index in [1.54, 1.807) is 17.7 Å². The van der Waals surface area contributed by atoms with Gasteiger partial charge in [0.1, 0.15) is 11.2 Å². The minimum atomic E-state index is -0.261. The molecule has 0 saturated carbocycles. The first-order chi connectivity index (χ1) is 9.61. The Balaban J connectivity index is 2.09. The number of fused-ring (bicyclic) bond motifs is 3. The minimum absolute atomic E-state index is 0.245. The van der Waals surface area contributed by atoms with Gasteiger partial charge in [-0.2, -0.15) is 0 Å². The Bertz CT molecular complexity index is 807.